The van der Waals surface area contributed by atoms with Gasteiger partial charge >= 0.3 is 0 Å². The minimum atomic E-state index is 0.858. The third-order valence-corrected chi connectivity index (χ3v) is 2.70. The van der Waals surface area contributed by atoms with Crippen LogP contribution in [0.25, 0.3) is 5.69 Å². The molecular weight excluding hydrogens is 214 g/mol. The molecule has 0 aliphatic rings. The molecule has 2 aromatic rings. The van der Waals surface area contributed by atoms with Gasteiger partial charge in [0.15, 0.2) is 0 Å². The van der Waals surface area contributed by atoms with E-state index in [0.29, 0.717) is 0 Å². The fourth-order valence-corrected chi connectivity index (χ4v) is 1.86. The quantitative estimate of drug-likeness (QED) is 0.811. The molecule has 0 amide bonds. The minimum absolute atomic E-state index is 0.858. The van der Waals surface area contributed by atoms with Gasteiger partial charge in [0.2, 0.25) is 0 Å². The molecule has 4 heteroatoms. The first-order valence-corrected chi connectivity index (χ1v) is 5.81. The lowest BCUT2D eigenvalue weighted by atomic mass is 10.2. The highest BCUT2D eigenvalue weighted by atomic mass is 16.5. The maximum absolute atomic E-state index is 5.15. The molecule has 17 heavy (non-hydrogen) atoms. The molecule has 0 atom stereocenters. The van der Waals surface area contributed by atoms with Gasteiger partial charge in [-0.15, -0.1) is 10.2 Å². The van der Waals surface area contributed by atoms with Crippen molar-refractivity contribution >= 4 is 0 Å². The van der Waals surface area contributed by atoms with Gasteiger partial charge in [0.05, 0.1) is 7.11 Å². The van der Waals surface area contributed by atoms with Crippen molar-refractivity contribution in [3.8, 4) is 11.4 Å². The molecule has 0 unspecified atom stereocenters. The van der Waals surface area contributed by atoms with Gasteiger partial charge < -0.3 is 4.74 Å². The number of ether oxygens (including phenoxy) is 1. The maximum atomic E-state index is 5.15. The molecule has 0 fully saturated rings. The number of aryl methyl sites for hydroxylation is 2. The van der Waals surface area contributed by atoms with Crippen LogP contribution < -0.4 is 4.74 Å². The third-order valence-electron chi connectivity index (χ3n) is 2.70. The summed E-state index contributed by atoms with van der Waals surface area (Å²) in [6, 6.07) is 7.94. The fourth-order valence-electron chi connectivity index (χ4n) is 1.86. The summed E-state index contributed by atoms with van der Waals surface area (Å²) in [6.45, 7) is 4.11. The van der Waals surface area contributed by atoms with E-state index in [9.17, 15) is 0 Å². The van der Waals surface area contributed by atoms with E-state index in [1.807, 2.05) is 31.2 Å². The third kappa shape index (κ3) is 2.30. The van der Waals surface area contributed by atoms with Gasteiger partial charge in [-0.05, 0) is 37.6 Å². The van der Waals surface area contributed by atoms with Gasteiger partial charge in [0.1, 0.15) is 17.4 Å². The van der Waals surface area contributed by atoms with E-state index in [1.165, 1.54) is 0 Å². The Bertz CT molecular complexity index is 488. The standard InChI is InChI=1S/C13H17N3O/c1-4-5-13-15-14-10(2)16(13)11-6-8-12(17-3)9-7-11/h6-9H,4-5H2,1-3H3. The Morgan fingerprint density at radius 3 is 2.47 bits per heavy atom. The Labute approximate surface area is 101 Å². The van der Waals surface area contributed by atoms with Gasteiger partial charge in [-0.25, -0.2) is 0 Å². The van der Waals surface area contributed by atoms with Crippen LogP contribution in [0.15, 0.2) is 24.3 Å². The van der Waals surface area contributed by atoms with Gasteiger partial charge in [-0.2, -0.15) is 0 Å². The van der Waals surface area contributed by atoms with Crippen molar-refractivity contribution in [3.05, 3.63) is 35.9 Å². The average molecular weight is 231 g/mol. The molecule has 0 N–H and O–H groups in total. The van der Waals surface area contributed by atoms with E-state index in [2.05, 4.69) is 21.7 Å². The lowest BCUT2D eigenvalue weighted by Gasteiger charge is -2.08. The highest BCUT2D eigenvalue weighted by molar-refractivity contribution is 5.39. The fraction of sp³-hybridized carbons (Fsp3) is 0.385. The largest absolute Gasteiger partial charge is 0.497 e. The van der Waals surface area contributed by atoms with Crippen molar-refractivity contribution in [2.75, 3.05) is 7.11 Å². The zero-order valence-electron chi connectivity index (χ0n) is 10.5. The smallest absolute Gasteiger partial charge is 0.137 e. The van der Waals surface area contributed by atoms with Crippen LogP contribution in [0, 0.1) is 6.92 Å². The molecule has 0 saturated carbocycles. The second-order valence-corrected chi connectivity index (χ2v) is 3.95. The van der Waals surface area contributed by atoms with E-state index >= 15 is 0 Å². The van der Waals surface area contributed by atoms with Gasteiger partial charge in [0.25, 0.3) is 0 Å². The molecule has 0 saturated heterocycles. The first kappa shape index (κ1) is 11.6. The summed E-state index contributed by atoms with van der Waals surface area (Å²) in [5.41, 5.74) is 1.08. The van der Waals surface area contributed by atoms with Crippen LogP contribution in [0.4, 0.5) is 0 Å². The molecule has 0 bridgehead atoms. The summed E-state index contributed by atoms with van der Waals surface area (Å²) < 4.78 is 7.24. The summed E-state index contributed by atoms with van der Waals surface area (Å²) in [4.78, 5) is 0. The highest BCUT2D eigenvalue weighted by Crippen LogP contribution is 2.18. The lowest BCUT2D eigenvalue weighted by molar-refractivity contribution is 0.414. The Balaban J connectivity index is 2.40. The summed E-state index contributed by atoms with van der Waals surface area (Å²) >= 11 is 0. The van der Waals surface area contributed by atoms with E-state index in [1.54, 1.807) is 7.11 Å². The van der Waals surface area contributed by atoms with Crippen molar-refractivity contribution in [2.24, 2.45) is 0 Å². The predicted octanol–water partition coefficient (Wildman–Crippen LogP) is 2.54. The Kier molecular flexibility index (Phi) is 3.42. The number of aromatic nitrogens is 3. The molecule has 0 aliphatic heterocycles. The second-order valence-electron chi connectivity index (χ2n) is 3.95. The average Bonchev–Trinajstić information content (AvgIpc) is 2.71. The molecule has 1 heterocycles. The Morgan fingerprint density at radius 2 is 1.88 bits per heavy atom. The molecule has 0 aliphatic carbocycles. The van der Waals surface area contributed by atoms with Crippen LogP contribution in [0.2, 0.25) is 0 Å². The molecule has 1 aromatic carbocycles. The van der Waals surface area contributed by atoms with Gasteiger partial charge in [-0.1, -0.05) is 6.92 Å². The molecular formula is C13H17N3O. The van der Waals surface area contributed by atoms with Crippen molar-refractivity contribution in [1.82, 2.24) is 14.8 Å². The zero-order valence-corrected chi connectivity index (χ0v) is 10.5. The van der Waals surface area contributed by atoms with Gasteiger partial charge in [0, 0.05) is 12.1 Å². The second kappa shape index (κ2) is 4.99. The number of rotatable bonds is 4. The number of methoxy groups -OCH3 is 1. The summed E-state index contributed by atoms with van der Waals surface area (Å²) in [5, 5.41) is 8.34. The molecule has 4 nitrogen and oxygen atoms in total. The van der Waals surface area contributed by atoms with Crippen molar-refractivity contribution in [2.45, 2.75) is 26.7 Å². The maximum Gasteiger partial charge on any atom is 0.137 e. The number of hydrogen-bond donors (Lipinski definition) is 0. The van der Waals surface area contributed by atoms with Crippen LogP contribution in [0.1, 0.15) is 25.0 Å². The molecule has 90 valence electrons. The molecule has 0 spiro atoms. The van der Waals surface area contributed by atoms with Crippen LogP contribution in [0.5, 0.6) is 5.75 Å². The summed E-state index contributed by atoms with van der Waals surface area (Å²) in [6.07, 6.45) is 2.00. The minimum Gasteiger partial charge on any atom is -0.497 e. The first-order chi connectivity index (χ1) is 8.26. The van der Waals surface area contributed by atoms with Crippen LogP contribution in [-0.2, 0) is 6.42 Å². The number of nitrogens with zero attached hydrogens (tertiary/aromatic N) is 3. The van der Waals surface area contributed by atoms with E-state index in [4.69, 9.17) is 4.74 Å². The monoisotopic (exact) mass is 231 g/mol. The SMILES string of the molecule is CCCc1nnc(C)n1-c1ccc(OC)cc1. The van der Waals surface area contributed by atoms with Gasteiger partial charge in [-0.3, -0.25) is 4.57 Å². The molecule has 2 rings (SSSR count). The highest BCUT2D eigenvalue weighted by Gasteiger charge is 2.09. The van der Waals surface area contributed by atoms with Crippen molar-refractivity contribution in [1.29, 1.82) is 0 Å². The van der Waals surface area contributed by atoms with E-state index in [-0.39, 0.29) is 0 Å². The first-order valence-electron chi connectivity index (χ1n) is 5.81. The predicted molar refractivity (Wildman–Crippen MR) is 66.6 cm³/mol. The van der Waals surface area contributed by atoms with Crippen LogP contribution >= 0.6 is 0 Å². The number of benzene rings is 1. The van der Waals surface area contributed by atoms with Crippen LogP contribution in [-0.4, -0.2) is 21.9 Å². The van der Waals surface area contributed by atoms with E-state index in [0.717, 1.165) is 35.9 Å². The molecule has 1 aromatic heterocycles. The van der Waals surface area contributed by atoms with Crippen molar-refractivity contribution < 1.29 is 4.74 Å². The normalized spacial score (nSPS) is 10.5. The number of hydrogen-bond acceptors (Lipinski definition) is 3. The topological polar surface area (TPSA) is 39.9 Å². The van der Waals surface area contributed by atoms with Crippen LogP contribution in [0.3, 0.4) is 0 Å². The Morgan fingerprint density at radius 1 is 1.18 bits per heavy atom. The Hall–Kier alpha value is -1.84. The zero-order chi connectivity index (χ0) is 12.3. The summed E-state index contributed by atoms with van der Waals surface area (Å²) in [7, 11) is 1.67. The van der Waals surface area contributed by atoms with E-state index < -0.39 is 0 Å². The molecule has 0 radical (unpaired) electrons. The van der Waals surface area contributed by atoms with Crippen molar-refractivity contribution in [3.63, 3.8) is 0 Å². The summed E-state index contributed by atoms with van der Waals surface area (Å²) in [5.74, 6) is 2.78. The lowest BCUT2D eigenvalue weighted by Crippen LogP contribution is -2.02.